The van der Waals surface area contributed by atoms with Gasteiger partial charge in [0.2, 0.25) is 0 Å². The summed E-state index contributed by atoms with van der Waals surface area (Å²) in [6, 6.07) is 0.965. The second kappa shape index (κ2) is 9.53. The van der Waals surface area contributed by atoms with Crippen molar-refractivity contribution in [3.63, 3.8) is 0 Å². The number of ether oxygens (including phenoxy) is 1. The van der Waals surface area contributed by atoms with Crippen molar-refractivity contribution in [1.29, 1.82) is 0 Å². The molecular weight excluding hydrogens is 389 g/mol. The minimum Gasteiger partial charge on any atom is -0.451 e. The summed E-state index contributed by atoms with van der Waals surface area (Å²) in [7, 11) is 0. The lowest BCUT2D eigenvalue weighted by molar-refractivity contribution is -0.384. The van der Waals surface area contributed by atoms with Crippen molar-refractivity contribution in [2.24, 2.45) is 0 Å². The molecule has 0 aliphatic carbocycles. The molecule has 1 unspecified atom stereocenters. The van der Waals surface area contributed by atoms with Crippen LogP contribution in [0.3, 0.4) is 0 Å². The van der Waals surface area contributed by atoms with Crippen LogP contribution < -0.4 is 16.0 Å². The van der Waals surface area contributed by atoms with Gasteiger partial charge >= 0.3 is 18.2 Å². The molecule has 0 saturated carbocycles. The van der Waals surface area contributed by atoms with Gasteiger partial charge in [-0.25, -0.2) is 4.79 Å². The van der Waals surface area contributed by atoms with Crippen LogP contribution in [-0.4, -0.2) is 42.0 Å². The van der Waals surface area contributed by atoms with Gasteiger partial charge in [-0.15, -0.1) is 0 Å². The predicted octanol–water partition coefficient (Wildman–Crippen LogP) is 1.80. The average molecular weight is 406 g/mol. The van der Waals surface area contributed by atoms with Crippen molar-refractivity contribution < 1.29 is 37.2 Å². The van der Waals surface area contributed by atoms with E-state index in [2.05, 4.69) is 10.6 Å². The fourth-order valence-electron chi connectivity index (χ4n) is 1.89. The number of nitrogens with zero attached hydrogens (tertiary/aromatic N) is 1. The third-order valence-corrected chi connectivity index (χ3v) is 3.20. The van der Waals surface area contributed by atoms with E-state index < -0.39 is 52.9 Å². The molecular formula is C15H17F3N4O6. The molecule has 1 aromatic rings. The number of anilines is 1. The first-order valence-electron chi connectivity index (χ1n) is 7.83. The van der Waals surface area contributed by atoms with E-state index in [-0.39, 0.29) is 12.2 Å². The van der Waals surface area contributed by atoms with Gasteiger partial charge in [0.25, 0.3) is 11.6 Å². The molecule has 13 heteroatoms. The average Bonchev–Trinajstić information content (AvgIpc) is 2.58. The van der Waals surface area contributed by atoms with E-state index in [0.717, 1.165) is 6.07 Å². The highest BCUT2D eigenvalue weighted by atomic mass is 19.4. The second-order valence-corrected chi connectivity index (χ2v) is 5.32. The largest absolute Gasteiger partial charge is 0.451 e. The van der Waals surface area contributed by atoms with E-state index in [1.54, 1.807) is 6.92 Å². The number of hydrogen-bond acceptors (Lipinski definition) is 7. The van der Waals surface area contributed by atoms with E-state index in [9.17, 15) is 37.7 Å². The summed E-state index contributed by atoms with van der Waals surface area (Å²) in [5.41, 5.74) is -2.44. The van der Waals surface area contributed by atoms with Gasteiger partial charge in [-0.05, 0) is 26.0 Å². The Kier molecular flexibility index (Phi) is 7.71. The highest BCUT2D eigenvalue weighted by Crippen LogP contribution is 2.34. The highest BCUT2D eigenvalue weighted by Gasteiger charge is 2.33. The molecule has 0 heterocycles. The Morgan fingerprint density at radius 3 is 2.46 bits per heavy atom. The smallest absolute Gasteiger partial charge is 0.416 e. The van der Waals surface area contributed by atoms with Crippen LogP contribution in [0.5, 0.6) is 0 Å². The Balaban J connectivity index is 2.71. The molecule has 3 amide bonds. The number of halogens is 3. The summed E-state index contributed by atoms with van der Waals surface area (Å²) in [5.74, 6) is -1.92. The van der Waals surface area contributed by atoms with Crippen LogP contribution in [0.1, 0.15) is 19.4 Å². The van der Waals surface area contributed by atoms with E-state index in [1.807, 2.05) is 5.32 Å². The van der Waals surface area contributed by atoms with Crippen LogP contribution in [0.2, 0.25) is 0 Å². The molecule has 1 rings (SSSR count). The summed E-state index contributed by atoms with van der Waals surface area (Å²) in [4.78, 5) is 44.5. The van der Waals surface area contributed by atoms with E-state index >= 15 is 0 Å². The lowest BCUT2D eigenvalue weighted by Gasteiger charge is -2.14. The number of carbonyl (C=O) groups excluding carboxylic acids is 3. The number of hydrogen-bond donors (Lipinski definition) is 3. The Labute approximate surface area is 156 Å². The number of nitro benzene ring substituents is 1. The van der Waals surface area contributed by atoms with E-state index in [1.165, 1.54) is 6.92 Å². The number of rotatable bonds is 7. The lowest BCUT2D eigenvalue weighted by Crippen LogP contribution is -2.45. The monoisotopic (exact) mass is 406 g/mol. The van der Waals surface area contributed by atoms with Crippen LogP contribution in [0.15, 0.2) is 18.2 Å². The summed E-state index contributed by atoms with van der Waals surface area (Å²) < 4.78 is 42.7. The van der Waals surface area contributed by atoms with Crippen molar-refractivity contribution in [2.45, 2.75) is 26.1 Å². The van der Waals surface area contributed by atoms with Gasteiger partial charge in [0.1, 0.15) is 12.2 Å². The van der Waals surface area contributed by atoms with Crippen molar-refractivity contribution in [3.05, 3.63) is 33.9 Å². The van der Waals surface area contributed by atoms with Gasteiger partial charge in [0.15, 0.2) is 6.10 Å². The van der Waals surface area contributed by atoms with Crippen LogP contribution in [0, 0.1) is 10.1 Å². The zero-order valence-electron chi connectivity index (χ0n) is 14.8. The van der Waals surface area contributed by atoms with Crippen LogP contribution in [-0.2, 0) is 20.5 Å². The van der Waals surface area contributed by atoms with Gasteiger partial charge < -0.3 is 15.4 Å². The number of amides is 3. The van der Waals surface area contributed by atoms with Crippen molar-refractivity contribution >= 4 is 29.3 Å². The van der Waals surface area contributed by atoms with Crippen LogP contribution in [0.4, 0.5) is 29.3 Å². The summed E-state index contributed by atoms with van der Waals surface area (Å²) >= 11 is 0. The molecule has 0 aromatic heterocycles. The van der Waals surface area contributed by atoms with Gasteiger partial charge in [0, 0.05) is 12.6 Å². The molecule has 0 radical (unpaired) electrons. The SMILES string of the molecule is CCNC(=O)NC(=O)C(C)OC(=O)CNc1ccc(C(F)(F)F)cc1[N+](=O)[O-]. The third kappa shape index (κ3) is 6.74. The zero-order valence-corrected chi connectivity index (χ0v) is 14.8. The molecule has 0 saturated heterocycles. The quantitative estimate of drug-likeness (QED) is 0.356. The predicted molar refractivity (Wildman–Crippen MR) is 89.4 cm³/mol. The Morgan fingerprint density at radius 2 is 1.93 bits per heavy atom. The van der Waals surface area contributed by atoms with E-state index in [4.69, 9.17) is 4.74 Å². The minimum absolute atomic E-state index is 0.267. The standard InChI is InChI=1S/C15H17F3N4O6/c1-3-19-14(25)21-13(24)8(2)28-12(23)7-20-10-5-4-9(15(16,17)18)6-11(10)22(26)27/h4-6,8,20H,3,7H2,1-2H3,(H2,19,21,24,25). The topological polar surface area (TPSA) is 140 Å². The number of nitrogens with one attached hydrogen (secondary N) is 3. The van der Waals surface area contributed by atoms with Crippen molar-refractivity contribution in [1.82, 2.24) is 10.6 Å². The summed E-state index contributed by atoms with van der Waals surface area (Å²) in [6.07, 6.45) is -6.12. The molecule has 0 spiro atoms. The first-order valence-corrected chi connectivity index (χ1v) is 7.83. The molecule has 1 aromatic carbocycles. The first-order chi connectivity index (χ1) is 13.0. The van der Waals surface area contributed by atoms with Gasteiger partial charge in [-0.3, -0.25) is 25.0 Å². The number of urea groups is 1. The number of esters is 1. The Hall–Kier alpha value is -3.38. The van der Waals surface area contributed by atoms with E-state index in [0.29, 0.717) is 12.1 Å². The molecule has 28 heavy (non-hydrogen) atoms. The molecule has 0 aliphatic rings. The highest BCUT2D eigenvalue weighted by molar-refractivity contribution is 5.97. The molecule has 3 N–H and O–H groups in total. The number of carbonyl (C=O) groups is 3. The Morgan fingerprint density at radius 1 is 1.29 bits per heavy atom. The van der Waals surface area contributed by atoms with Crippen molar-refractivity contribution in [3.8, 4) is 0 Å². The van der Waals surface area contributed by atoms with Gasteiger partial charge in [-0.1, -0.05) is 0 Å². The normalized spacial score (nSPS) is 11.9. The number of alkyl halides is 3. The minimum atomic E-state index is -4.77. The summed E-state index contributed by atoms with van der Waals surface area (Å²) in [5, 5.41) is 17.5. The number of imide groups is 1. The molecule has 0 aliphatic heterocycles. The maximum Gasteiger partial charge on any atom is 0.416 e. The molecule has 0 bridgehead atoms. The molecule has 0 fully saturated rings. The van der Waals surface area contributed by atoms with Gasteiger partial charge in [0.05, 0.1) is 10.5 Å². The second-order valence-electron chi connectivity index (χ2n) is 5.32. The van der Waals surface area contributed by atoms with Crippen LogP contribution >= 0.6 is 0 Å². The maximum absolute atomic E-state index is 12.7. The number of benzene rings is 1. The molecule has 1 atom stereocenters. The zero-order chi connectivity index (χ0) is 21.5. The fourth-order valence-corrected chi connectivity index (χ4v) is 1.89. The third-order valence-electron chi connectivity index (χ3n) is 3.20. The summed E-state index contributed by atoms with van der Waals surface area (Å²) in [6.45, 7) is 2.42. The first kappa shape index (κ1) is 22.7. The Bertz CT molecular complexity index is 769. The maximum atomic E-state index is 12.7. The number of nitro groups is 1. The molecule has 154 valence electrons. The van der Waals surface area contributed by atoms with Crippen LogP contribution in [0.25, 0.3) is 0 Å². The lowest BCUT2D eigenvalue weighted by atomic mass is 10.1. The fraction of sp³-hybridized carbons (Fsp3) is 0.400. The molecule has 10 nitrogen and oxygen atoms in total. The van der Waals surface area contributed by atoms with Crippen molar-refractivity contribution in [2.75, 3.05) is 18.4 Å². The van der Waals surface area contributed by atoms with Gasteiger partial charge in [-0.2, -0.15) is 13.2 Å².